The van der Waals surface area contributed by atoms with Crippen molar-refractivity contribution in [1.29, 1.82) is 0 Å². The van der Waals surface area contributed by atoms with Crippen LogP contribution >= 0.6 is 0 Å². The Morgan fingerprint density at radius 2 is 1.55 bits per heavy atom. The van der Waals surface area contributed by atoms with Gasteiger partial charge in [0, 0.05) is 6.54 Å². The zero-order chi connectivity index (χ0) is 15.2. The van der Waals surface area contributed by atoms with E-state index in [1.165, 1.54) is 16.3 Å². The Bertz CT molecular complexity index is 724. The van der Waals surface area contributed by atoms with Crippen molar-refractivity contribution in [3.63, 3.8) is 0 Å². The lowest BCUT2D eigenvalue weighted by atomic mass is 10.0. The van der Waals surface area contributed by atoms with Crippen LogP contribution < -0.4 is 5.32 Å². The third-order valence-corrected chi connectivity index (χ3v) is 3.92. The molecule has 0 heterocycles. The summed E-state index contributed by atoms with van der Waals surface area (Å²) in [5, 5.41) is 16.1. The molecule has 0 unspecified atom stereocenters. The molecule has 3 aromatic rings. The van der Waals surface area contributed by atoms with E-state index in [0.717, 1.165) is 18.7 Å². The molecule has 0 saturated heterocycles. The summed E-state index contributed by atoms with van der Waals surface area (Å²) in [6.07, 6.45) is 0.290. The second-order valence-corrected chi connectivity index (χ2v) is 5.57. The highest BCUT2D eigenvalue weighted by Crippen LogP contribution is 2.22. The normalized spacial score (nSPS) is 12.4. The average molecular weight is 291 g/mol. The molecule has 0 aliphatic carbocycles. The van der Waals surface area contributed by atoms with Gasteiger partial charge in [0.05, 0.1) is 6.10 Å². The molecule has 3 rings (SSSR count). The summed E-state index contributed by atoms with van der Waals surface area (Å²) in [6.45, 7) is 1.63. The molecule has 3 aromatic carbocycles. The van der Waals surface area contributed by atoms with E-state index in [1.807, 2.05) is 36.4 Å². The van der Waals surface area contributed by atoms with Gasteiger partial charge in [0.2, 0.25) is 0 Å². The lowest BCUT2D eigenvalue weighted by Gasteiger charge is -2.12. The van der Waals surface area contributed by atoms with Gasteiger partial charge in [-0.1, -0.05) is 66.7 Å². The molecule has 1 atom stereocenters. The molecule has 0 radical (unpaired) electrons. The van der Waals surface area contributed by atoms with Crippen LogP contribution in [0, 0.1) is 0 Å². The Labute approximate surface area is 131 Å². The smallest absolute Gasteiger partial charge is 0.0802 e. The van der Waals surface area contributed by atoms with Crippen molar-refractivity contribution < 1.29 is 5.11 Å². The minimum absolute atomic E-state index is 0.423. The first-order chi connectivity index (χ1) is 10.8. The molecule has 2 heteroatoms. The predicted molar refractivity (Wildman–Crippen MR) is 91.7 cm³/mol. The van der Waals surface area contributed by atoms with Crippen LogP contribution in [0.1, 0.15) is 23.7 Å². The van der Waals surface area contributed by atoms with Gasteiger partial charge in [-0.25, -0.2) is 0 Å². The first-order valence-corrected chi connectivity index (χ1v) is 7.74. The molecule has 2 nitrogen and oxygen atoms in total. The van der Waals surface area contributed by atoms with E-state index in [0.29, 0.717) is 6.42 Å². The number of rotatable bonds is 6. The lowest BCUT2D eigenvalue weighted by Crippen LogP contribution is -2.17. The van der Waals surface area contributed by atoms with Crippen molar-refractivity contribution in [2.75, 3.05) is 6.54 Å². The van der Waals surface area contributed by atoms with E-state index in [9.17, 15) is 5.11 Å². The van der Waals surface area contributed by atoms with Gasteiger partial charge in [-0.2, -0.15) is 0 Å². The molecule has 0 fully saturated rings. The fourth-order valence-corrected chi connectivity index (χ4v) is 2.65. The van der Waals surface area contributed by atoms with E-state index >= 15 is 0 Å². The molecular weight excluding hydrogens is 270 g/mol. The van der Waals surface area contributed by atoms with Crippen LogP contribution in [0.15, 0.2) is 72.8 Å². The summed E-state index contributed by atoms with van der Waals surface area (Å²) in [7, 11) is 0. The first kappa shape index (κ1) is 14.8. The number of fused-ring (bicyclic) bond motifs is 1. The van der Waals surface area contributed by atoms with Crippen molar-refractivity contribution in [3.05, 3.63) is 83.9 Å². The summed E-state index contributed by atoms with van der Waals surface area (Å²) in [6, 6.07) is 24.7. The SMILES string of the molecule is O[C@H](CCNCc1ccccc1)c1ccc2ccccc2c1. The highest BCUT2D eigenvalue weighted by molar-refractivity contribution is 5.83. The fourth-order valence-electron chi connectivity index (χ4n) is 2.65. The number of aliphatic hydroxyl groups is 1. The van der Waals surface area contributed by atoms with Crippen molar-refractivity contribution in [2.45, 2.75) is 19.1 Å². The van der Waals surface area contributed by atoms with Gasteiger partial charge in [0.1, 0.15) is 0 Å². The van der Waals surface area contributed by atoms with E-state index in [1.54, 1.807) is 0 Å². The van der Waals surface area contributed by atoms with Crippen LogP contribution in [-0.4, -0.2) is 11.7 Å². The van der Waals surface area contributed by atoms with Gasteiger partial charge < -0.3 is 10.4 Å². The fraction of sp³-hybridized carbons (Fsp3) is 0.200. The van der Waals surface area contributed by atoms with Crippen LogP contribution in [0.5, 0.6) is 0 Å². The highest BCUT2D eigenvalue weighted by Gasteiger charge is 2.07. The van der Waals surface area contributed by atoms with Crippen LogP contribution in [0.25, 0.3) is 10.8 Å². The van der Waals surface area contributed by atoms with Gasteiger partial charge in [-0.15, -0.1) is 0 Å². The molecule has 0 aromatic heterocycles. The van der Waals surface area contributed by atoms with Crippen molar-refractivity contribution in [2.24, 2.45) is 0 Å². The Balaban J connectivity index is 1.53. The molecule has 22 heavy (non-hydrogen) atoms. The zero-order valence-corrected chi connectivity index (χ0v) is 12.6. The molecule has 2 N–H and O–H groups in total. The highest BCUT2D eigenvalue weighted by atomic mass is 16.3. The van der Waals surface area contributed by atoms with Crippen LogP contribution in [0.3, 0.4) is 0 Å². The molecular formula is C20H21NO. The summed E-state index contributed by atoms with van der Waals surface area (Å²) in [5.41, 5.74) is 2.25. The molecule has 0 saturated carbocycles. The second kappa shape index (κ2) is 7.21. The van der Waals surface area contributed by atoms with E-state index < -0.39 is 6.10 Å². The number of nitrogens with one attached hydrogen (secondary N) is 1. The van der Waals surface area contributed by atoms with Gasteiger partial charge in [0.15, 0.2) is 0 Å². The Hall–Kier alpha value is -2.16. The third-order valence-electron chi connectivity index (χ3n) is 3.92. The van der Waals surface area contributed by atoms with E-state index in [-0.39, 0.29) is 0 Å². The molecule has 0 amide bonds. The number of benzene rings is 3. The second-order valence-electron chi connectivity index (χ2n) is 5.57. The minimum Gasteiger partial charge on any atom is -0.388 e. The Morgan fingerprint density at radius 1 is 0.818 bits per heavy atom. The van der Waals surface area contributed by atoms with Crippen molar-refractivity contribution >= 4 is 10.8 Å². The first-order valence-electron chi connectivity index (χ1n) is 7.74. The number of hydrogen-bond donors (Lipinski definition) is 2. The molecule has 0 aliphatic rings. The number of hydrogen-bond acceptors (Lipinski definition) is 2. The molecule has 0 bridgehead atoms. The van der Waals surface area contributed by atoms with Gasteiger partial charge in [0.25, 0.3) is 0 Å². The largest absolute Gasteiger partial charge is 0.388 e. The molecule has 112 valence electrons. The average Bonchev–Trinajstić information content (AvgIpc) is 2.59. The summed E-state index contributed by atoms with van der Waals surface area (Å²) in [4.78, 5) is 0. The topological polar surface area (TPSA) is 32.3 Å². The quantitative estimate of drug-likeness (QED) is 0.671. The molecule has 0 aliphatic heterocycles. The Morgan fingerprint density at radius 3 is 2.36 bits per heavy atom. The maximum Gasteiger partial charge on any atom is 0.0802 e. The van der Waals surface area contributed by atoms with Crippen LogP contribution in [0.2, 0.25) is 0 Å². The zero-order valence-electron chi connectivity index (χ0n) is 12.6. The number of aliphatic hydroxyl groups excluding tert-OH is 1. The van der Waals surface area contributed by atoms with E-state index in [4.69, 9.17) is 0 Å². The monoisotopic (exact) mass is 291 g/mol. The Kier molecular flexibility index (Phi) is 4.84. The van der Waals surface area contributed by atoms with Gasteiger partial charge in [-0.05, 0) is 40.9 Å². The minimum atomic E-state index is -0.423. The molecule has 0 spiro atoms. The third kappa shape index (κ3) is 3.73. The van der Waals surface area contributed by atoms with Crippen molar-refractivity contribution in [1.82, 2.24) is 5.32 Å². The lowest BCUT2D eigenvalue weighted by molar-refractivity contribution is 0.167. The van der Waals surface area contributed by atoms with Gasteiger partial charge >= 0.3 is 0 Å². The van der Waals surface area contributed by atoms with Crippen molar-refractivity contribution in [3.8, 4) is 0 Å². The predicted octanol–water partition coefficient (Wildman–Crippen LogP) is 4.05. The maximum atomic E-state index is 10.3. The van der Waals surface area contributed by atoms with Gasteiger partial charge in [-0.3, -0.25) is 0 Å². The summed E-state index contributed by atoms with van der Waals surface area (Å²) >= 11 is 0. The van der Waals surface area contributed by atoms with Crippen LogP contribution in [0.4, 0.5) is 0 Å². The summed E-state index contributed by atoms with van der Waals surface area (Å²) in [5.74, 6) is 0. The van der Waals surface area contributed by atoms with E-state index in [2.05, 4.69) is 41.7 Å². The van der Waals surface area contributed by atoms with Crippen LogP contribution in [-0.2, 0) is 6.54 Å². The summed E-state index contributed by atoms with van der Waals surface area (Å²) < 4.78 is 0. The maximum absolute atomic E-state index is 10.3. The standard InChI is InChI=1S/C20H21NO/c22-20(12-13-21-15-16-6-2-1-3-7-16)19-11-10-17-8-4-5-9-18(17)14-19/h1-11,14,20-22H,12-13,15H2/t20-/m1/s1.